The first-order valence-electron chi connectivity index (χ1n) is 8.67. The van der Waals surface area contributed by atoms with Gasteiger partial charge in [-0.3, -0.25) is 0 Å². The monoisotopic (exact) mass is 396 g/mol. The average molecular weight is 397 g/mol. The lowest BCUT2D eigenvalue weighted by atomic mass is 9.73. The van der Waals surface area contributed by atoms with Crippen LogP contribution in [0.15, 0.2) is 46.9 Å². The normalized spacial score (nSPS) is 19.0. The molecule has 0 atom stereocenters. The Hall–Kier alpha value is -1.36. The Balaban J connectivity index is 2.08. The van der Waals surface area contributed by atoms with Gasteiger partial charge in [0.25, 0.3) is 0 Å². The first kappa shape index (κ1) is 17.1. The van der Waals surface area contributed by atoms with Gasteiger partial charge in [0.05, 0.1) is 11.2 Å². The van der Waals surface area contributed by atoms with Crippen LogP contribution in [0.5, 0.6) is 0 Å². The summed E-state index contributed by atoms with van der Waals surface area (Å²) >= 11 is 3.81. The fourth-order valence-corrected chi connectivity index (χ4v) is 4.18. The summed E-state index contributed by atoms with van der Waals surface area (Å²) in [5, 5.41) is 4.73. The number of hydrogen-bond donors (Lipinski definition) is 0. The molecule has 2 nitrogen and oxygen atoms in total. The van der Waals surface area contributed by atoms with Crippen molar-refractivity contribution in [2.24, 2.45) is 0 Å². The third kappa shape index (κ3) is 2.54. The van der Waals surface area contributed by atoms with Crippen LogP contribution in [0.3, 0.4) is 0 Å². The van der Waals surface area contributed by atoms with Crippen molar-refractivity contribution in [2.45, 2.75) is 45.8 Å². The SMILES string of the molecule is Cc1ccc2c(Br)c3ccccc3c(B3OC(C)(C)C(C)(C)O3)c2c1. The summed E-state index contributed by atoms with van der Waals surface area (Å²) in [6.45, 7) is 10.5. The molecule has 1 fully saturated rings. The zero-order valence-electron chi connectivity index (χ0n) is 15.3. The van der Waals surface area contributed by atoms with Crippen molar-refractivity contribution >= 4 is 50.1 Å². The molecule has 0 radical (unpaired) electrons. The van der Waals surface area contributed by atoms with E-state index in [-0.39, 0.29) is 18.3 Å². The summed E-state index contributed by atoms with van der Waals surface area (Å²) in [7, 11) is -0.382. The molecular weight excluding hydrogens is 375 g/mol. The first-order valence-corrected chi connectivity index (χ1v) is 9.47. The Morgan fingerprint density at radius 2 is 1.36 bits per heavy atom. The number of fused-ring (bicyclic) bond motifs is 2. The van der Waals surface area contributed by atoms with Gasteiger partial charge in [0.2, 0.25) is 0 Å². The van der Waals surface area contributed by atoms with Crippen LogP contribution in [0.1, 0.15) is 33.3 Å². The predicted molar refractivity (Wildman–Crippen MR) is 110 cm³/mol. The van der Waals surface area contributed by atoms with Crippen LogP contribution >= 0.6 is 15.9 Å². The van der Waals surface area contributed by atoms with Crippen molar-refractivity contribution in [1.29, 1.82) is 0 Å². The Kier molecular flexibility index (Phi) is 3.80. The quantitative estimate of drug-likeness (QED) is 0.407. The molecule has 3 aromatic carbocycles. The molecule has 1 heterocycles. The zero-order valence-corrected chi connectivity index (χ0v) is 16.9. The molecule has 0 N–H and O–H groups in total. The second kappa shape index (κ2) is 5.57. The van der Waals surface area contributed by atoms with Gasteiger partial charge in [-0.15, -0.1) is 0 Å². The Morgan fingerprint density at radius 1 is 0.800 bits per heavy atom. The fourth-order valence-electron chi connectivity index (χ4n) is 3.49. The summed E-state index contributed by atoms with van der Waals surface area (Å²) in [6.07, 6.45) is 0. The minimum Gasteiger partial charge on any atom is -0.399 e. The van der Waals surface area contributed by atoms with E-state index >= 15 is 0 Å². The molecule has 4 rings (SSSR count). The second-order valence-corrected chi connectivity index (χ2v) is 8.70. The lowest BCUT2D eigenvalue weighted by Gasteiger charge is -2.32. The number of aryl methyl sites for hydroxylation is 1. The molecular formula is C21H22BBrO2. The van der Waals surface area contributed by atoms with E-state index in [1.807, 2.05) is 0 Å². The smallest absolute Gasteiger partial charge is 0.399 e. The van der Waals surface area contributed by atoms with Crippen molar-refractivity contribution in [2.75, 3.05) is 0 Å². The van der Waals surface area contributed by atoms with Gasteiger partial charge in [-0.25, -0.2) is 0 Å². The van der Waals surface area contributed by atoms with Crippen LogP contribution in [0.4, 0.5) is 0 Å². The van der Waals surface area contributed by atoms with E-state index < -0.39 is 0 Å². The first-order chi connectivity index (χ1) is 11.7. The molecule has 0 aliphatic carbocycles. The zero-order chi connectivity index (χ0) is 18.0. The third-order valence-electron chi connectivity index (χ3n) is 5.64. The molecule has 0 aromatic heterocycles. The molecule has 1 saturated heterocycles. The molecule has 25 heavy (non-hydrogen) atoms. The summed E-state index contributed by atoms with van der Waals surface area (Å²) in [6, 6.07) is 15.0. The van der Waals surface area contributed by atoms with Gasteiger partial charge in [-0.2, -0.15) is 0 Å². The van der Waals surface area contributed by atoms with Crippen LogP contribution in [0, 0.1) is 6.92 Å². The van der Waals surface area contributed by atoms with Gasteiger partial charge in [0, 0.05) is 4.47 Å². The maximum Gasteiger partial charge on any atom is 0.496 e. The van der Waals surface area contributed by atoms with Crippen molar-refractivity contribution in [1.82, 2.24) is 0 Å². The van der Waals surface area contributed by atoms with E-state index in [2.05, 4.69) is 93.0 Å². The predicted octanol–water partition coefficient (Wildman–Crippen LogP) is 5.36. The minimum atomic E-state index is -0.382. The molecule has 0 bridgehead atoms. The topological polar surface area (TPSA) is 18.5 Å². The third-order valence-corrected chi connectivity index (χ3v) is 6.50. The van der Waals surface area contributed by atoms with E-state index in [0.717, 1.165) is 9.94 Å². The molecule has 128 valence electrons. The number of benzene rings is 3. The van der Waals surface area contributed by atoms with Crippen molar-refractivity contribution in [3.63, 3.8) is 0 Å². The molecule has 1 aliphatic rings. The highest BCUT2D eigenvalue weighted by Crippen LogP contribution is 2.39. The van der Waals surface area contributed by atoms with Crippen LogP contribution in [0.25, 0.3) is 21.5 Å². The maximum atomic E-state index is 6.41. The van der Waals surface area contributed by atoms with E-state index in [1.54, 1.807) is 0 Å². The van der Waals surface area contributed by atoms with Gasteiger partial charge in [0.1, 0.15) is 0 Å². The fraction of sp³-hybridized carbons (Fsp3) is 0.333. The summed E-state index contributed by atoms with van der Waals surface area (Å²) < 4.78 is 13.9. The minimum absolute atomic E-state index is 0.359. The summed E-state index contributed by atoms with van der Waals surface area (Å²) in [5.74, 6) is 0. The van der Waals surface area contributed by atoms with E-state index in [9.17, 15) is 0 Å². The molecule has 0 unspecified atom stereocenters. The number of rotatable bonds is 1. The van der Waals surface area contributed by atoms with Crippen LogP contribution in [-0.4, -0.2) is 18.3 Å². The van der Waals surface area contributed by atoms with E-state index in [4.69, 9.17) is 9.31 Å². The number of hydrogen-bond acceptors (Lipinski definition) is 2. The average Bonchev–Trinajstić information content (AvgIpc) is 2.75. The molecule has 0 amide bonds. The largest absolute Gasteiger partial charge is 0.496 e. The van der Waals surface area contributed by atoms with Gasteiger partial charge >= 0.3 is 7.12 Å². The lowest BCUT2D eigenvalue weighted by Crippen LogP contribution is -2.41. The molecule has 4 heteroatoms. The highest BCUT2D eigenvalue weighted by molar-refractivity contribution is 9.10. The standard InChI is InChI=1S/C21H22BBrO2/c1-13-10-11-16-17(12-13)18(14-8-6-7-9-15(14)19(16)23)22-24-20(2,3)21(4,5)25-22/h6-12H,1-5H3. The lowest BCUT2D eigenvalue weighted by molar-refractivity contribution is 0.00578. The van der Waals surface area contributed by atoms with Gasteiger partial charge < -0.3 is 9.31 Å². The molecule has 0 saturated carbocycles. The van der Waals surface area contributed by atoms with Crippen LogP contribution in [-0.2, 0) is 9.31 Å². The second-order valence-electron chi connectivity index (χ2n) is 7.91. The molecule has 3 aromatic rings. The maximum absolute atomic E-state index is 6.41. The van der Waals surface area contributed by atoms with Gasteiger partial charge in [-0.1, -0.05) is 48.0 Å². The van der Waals surface area contributed by atoms with Crippen LogP contribution < -0.4 is 5.46 Å². The highest BCUT2D eigenvalue weighted by atomic mass is 79.9. The van der Waals surface area contributed by atoms with Crippen molar-refractivity contribution in [3.8, 4) is 0 Å². The van der Waals surface area contributed by atoms with E-state index in [1.165, 1.54) is 27.1 Å². The molecule has 1 aliphatic heterocycles. The van der Waals surface area contributed by atoms with Crippen molar-refractivity contribution < 1.29 is 9.31 Å². The Morgan fingerprint density at radius 3 is 2.00 bits per heavy atom. The Bertz CT molecular complexity index is 978. The van der Waals surface area contributed by atoms with Gasteiger partial charge in [-0.05, 0) is 77.6 Å². The molecule has 0 spiro atoms. The number of halogens is 1. The Labute approximate surface area is 157 Å². The van der Waals surface area contributed by atoms with Crippen LogP contribution in [0.2, 0.25) is 0 Å². The van der Waals surface area contributed by atoms with Gasteiger partial charge in [0.15, 0.2) is 0 Å². The van der Waals surface area contributed by atoms with Crippen molar-refractivity contribution in [3.05, 3.63) is 52.5 Å². The summed E-state index contributed by atoms with van der Waals surface area (Å²) in [4.78, 5) is 0. The highest BCUT2D eigenvalue weighted by Gasteiger charge is 2.52. The summed E-state index contributed by atoms with van der Waals surface area (Å²) in [5.41, 5.74) is 1.63. The van der Waals surface area contributed by atoms with E-state index in [0.29, 0.717) is 0 Å².